The SMILES string of the molecule is CC(C)Cc1nc(Br)cc(CC(=O)O)n1. The minimum absolute atomic E-state index is 0.0633. The fraction of sp³-hybridized carbons (Fsp3) is 0.500. The number of rotatable bonds is 4. The zero-order valence-electron chi connectivity index (χ0n) is 8.70. The van der Waals surface area contributed by atoms with Gasteiger partial charge in [0.05, 0.1) is 12.1 Å². The average molecular weight is 273 g/mol. The Morgan fingerprint density at radius 1 is 1.53 bits per heavy atom. The van der Waals surface area contributed by atoms with Gasteiger partial charge in [-0.25, -0.2) is 9.97 Å². The van der Waals surface area contributed by atoms with Crippen LogP contribution in [0, 0.1) is 5.92 Å². The van der Waals surface area contributed by atoms with Gasteiger partial charge in [0.1, 0.15) is 10.4 Å². The minimum atomic E-state index is -0.879. The molecule has 0 saturated heterocycles. The fourth-order valence-corrected chi connectivity index (χ4v) is 1.69. The van der Waals surface area contributed by atoms with E-state index in [4.69, 9.17) is 5.11 Å². The summed E-state index contributed by atoms with van der Waals surface area (Å²) in [5.41, 5.74) is 0.542. The highest BCUT2D eigenvalue weighted by Gasteiger charge is 2.08. The van der Waals surface area contributed by atoms with Crippen molar-refractivity contribution in [3.05, 3.63) is 22.2 Å². The summed E-state index contributed by atoms with van der Waals surface area (Å²) in [5, 5.41) is 8.65. The molecule has 4 nitrogen and oxygen atoms in total. The largest absolute Gasteiger partial charge is 0.481 e. The number of nitrogens with zero attached hydrogens (tertiary/aromatic N) is 2. The lowest BCUT2D eigenvalue weighted by molar-refractivity contribution is -0.136. The first-order valence-electron chi connectivity index (χ1n) is 4.71. The molecule has 0 atom stereocenters. The maximum absolute atomic E-state index is 10.5. The van der Waals surface area contributed by atoms with Crippen molar-refractivity contribution in [1.82, 2.24) is 9.97 Å². The zero-order valence-corrected chi connectivity index (χ0v) is 10.3. The van der Waals surface area contributed by atoms with Crippen LogP contribution in [0.2, 0.25) is 0 Å². The Balaban J connectivity index is 2.89. The molecule has 0 bridgehead atoms. The molecule has 0 amide bonds. The van der Waals surface area contributed by atoms with Crippen LogP contribution >= 0.6 is 15.9 Å². The van der Waals surface area contributed by atoms with Crippen LogP contribution in [0.1, 0.15) is 25.4 Å². The third-order valence-electron chi connectivity index (χ3n) is 1.72. The number of hydrogen-bond acceptors (Lipinski definition) is 3. The van der Waals surface area contributed by atoms with Gasteiger partial charge in [-0.2, -0.15) is 0 Å². The van der Waals surface area contributed by atoms with Crippen molar-refractivity contribution < 1.29 is 9.90 Å². The molecule has 5 heteroatoms. The molecule has 1 aromatic heterocycles. The molecule has 0 radical (unpaired) electrons. The third-order valence-corrected chi connectivity index (χ3v) is 2.12. The summed E-state index contributed by atoms with van der Waals surface area (Å²) in [7, 11) is 0. The molecule has 1 heterocycles. The quantitative estimate of drug-likeness (QED) is 0.853. The van der Waals surface area contributed by atoms with Crippen molar-refractivity contribution in [2.24, 2.45) is 5.92 Å². The van der Waals surface area contributed by atoms with E-state index in [1.807, 2.05) is 0 Å². The highest BCUT2D eigenvalue weighted by Crippen LogP contribution is 2.11. The standard InChI is InChI=1S/C10H13BrN2O2/c1-6(2)3-9-12-7(5-10(14)15)4-8(11)13-9/h4,6H,3,5H2,1-2H3,(H,14,15). The number of aromatic nitrogens is 2. The Labute approximate surface area is 96.9 Å². The predicted octanol–water partition coefficient (Wildman–Crippen LogP) is 2.06. The van der Waals surface area contributed by atoms with Crippen LogP contribution in [0.25, 0.3) is 0 Å². The van der Waals surface area contributed by atoms with Crippen LogP contribution in [0.3, 0.4) is 0 Å². The van der Waals surface area contributed by atoms with E-state index in [-0.39, 0.29) is 6.42 Å². The van der Waals surface area contributed by atoms with Crippen LogP contribution in [0.4, 0.5) is 0 Å². The molecule has 0 unspecified atom stereocenters. The van der Waals surface area contributed by atoms with Gasteiger partial charge >= 0.3 is 5.97 Å². The van der Waals surface area contributed by atoms with Gasteiger partial charge in [0, 0.05) is 6.42 Å². The summed E-state index contributed by atoms with van der Waals surface area (Å²) >= 11 is 3.25. The number of carboxylic acid groups (broad SMARTS) is 1. The van der Waals surface area contributed by atoms with E-state index in [1.165, 1.54) is 0 Å². The van der Waals surface area contributed by atoms with E-state index in [1.54, 1.807) is 6.07 Å². The smallest absolute Gasteiger partial charge is 0.309 e. The van der Waals surface area contributed by atoms with Gasteiger partial charge in [-0.15, -0.1) is 0 Å². The highest BCUT2D eigenvalue weighted by molar-refractivity contribution is 9.10. The topological polar surface area (TPSA) is 63.1 Å². The number of carbonyl (C=O) groups is 1. The molecule has 82 valence electrons. The Kier molecular flexibility index (Phi) is 4.20. The van der Waals surface area contributed by atoms with Crippen molar-refractivity contribution in [1.29, 1.82) is 0 Å². The third kappa shape index (κ3) is 4.38. The first kappa shape index (κ1) is 12.1. The zero-order chi connectivity index (χ0) is 11.4. The predicted molar refractivity (Wildman–Crippen MR) is 59.6 cm³/mol. The lowest BCUT2D eigenvalue weighted by Gasteiger charge is -2.05. The first-order valence-corrected chi connectivity index (χ1v) is 5.51. The minimum Gasteiger partial charge on any atom is -0.481 e. The van der Waals surface area contributed by atoms with E-state index in [9.17, 15) is 4.79 Å². The van der Waals surface area contributed by atoms with Gasteiger partial charge < -0.3 is 5.11 Å². The summed E-state index contributed by atoms with van der Waals surface area (Å²) < 4.78 is 0.643. The van der Waals surface area contributed by atoms with Crippen LogP contribution in [0.5, 0.6) is 0 Å². The van der Waals surface area contributed by atoms with E-state index in [0.29, 0.717) is 22.0 Å². The molecule has 0 fully saturated rings. The van der Waals surface area contributed by atoms with Gasteiger partial charge in [-0.05, 0) is 27.9 Å². The van der Waals surface area contributed by atoms with Crippen molar-refractivity contribution in [3.63, 3.8) is 0 Å². The molecule has 15 heavy (non-hydrogen) atoms. The Hall–Kier alpha value is -0.970. The summed E-state index contributed by atoms with van der Waals surface area (Å²) in [6.45, 7) is 4.14. The molecule has 0 saturated carbocycles. The highest BCUT2D eigenvalue weighted by atomic mass is 79.9. The van der Waals surface area contributed by atoms with E-state index in [2.05, 4.69) is 39.7 Å². The van der Waals surface area contributed by atoms with Crippen molar-refractivity contribution in [2.75, 3.05) is 0 Å². The lowest BCUT2D eigenvalue weighted by Crippen LogP contribution is -2.07. The molecule has 1 rings (SSSR count). The molecular weight excluding hydrogens is 260 g/mol. The monoisotopic (exact) mass is 272 g/mol. The molecule has 1 aromatic rings. The number of carboxylic acids is 1. The normalized spacial score (nSPS) is 10.7. The molecular formula is C10H13BrN2O2. The Bertz CT molecular complexity index is 366. The lowest BCUT2D eigenvalue weighted by atomic mass is 10.1. The maximum Gasteiger partial charge on any atom is 0.309 e. The van der Waals surface area contributed by atoms with Crippen molar-refractivity contribution in [2.45, 2.75) is 26.7 Å². The molecule has 1 N–H and O–H groups in total. The van der Waals surface area contributed by atoms with E-state index in [0.717, 1.165) is 6.42 Å². The van der Waals surface area contributed by atoms with E-state index >= 15 is 0 Å². The number of halogens is 1. The van der Waals surface area contributed by atoms with Gasteiger partial charge in [0.15, 0.2) is 0 Å². The second-order valence-corrected chi connectivity index (χ2v) is 4.58. The van der Waals surface area contributed by atoms with E-state index < -0.39 is 5.97 Å². The van der Waals surface area contributed by atoms with Crippen LogP contribution < -0.4 is 0 Å². The fourth-order valence-electron chi connectivity index (χ4n) is 1.22. The second-order valence-electron chi connectivity index (χ2n) is 3.77. The number of hydrogen-bond donors (Lipinski definition) is 1. The molecule has 0 aliphatic rings. The van der Waals surface area contributed by atoms with Crippen LogP contribution in [0.15, 0.2) is 10.7 Å². The number of aliphatic carboxylic acids is 1. The molecule has 0 aromatic carbocycles. The first-order chi connectivity index (χ1) is 6.97. The van der Waals surface area contributed by atoms with Crippen LogP contribution in [-0.2, 0) is 17.6 Å². The summed E-state index contributed by atoms with van der Waals surface area (Å²) in [6, 6.07) is 1.64. The molecule has 0 spiro atoms. The van der Waals surface area contributed by atoms with Crippen molar-refractivity contribution >= 4 is 21.9 Å². The summed E-state index contributed by atoms with van der Waals surface area (Å²) in [5.74, 6) is 0.267. The van der Waals surface area contributed by atoms with Gasteiger partial charge in [0.25, 0.3) is 0 Å². The van der Waals surface area contributed by atoms with Gasteiger partial charge in [0.2, 0.25) is 0 Å². The molecule has 0 aliphatic carbocycles. The Morgan fingerprint density at radius 2 is 2.20 bits per heavy atom. The summed E-state index contributed by atoms with van der Waals surface area (Å²) in [4.78, 5) is 18.9. The Morgan fingerprint density at radius 3 is 2.73 bits per heavy atom. The summed E-state index contributed by atoms with van der Waals surface area (Å²) in [6.07, 6.45) is 0.693. The van der Waals surface area contributed by atoms with Gasteiger partial charge in [-0.1, -0.05) is 13.8 Å². The second kappa shape index (κ2) is 5.21. The van der Waals surface area contributed by atoms with Gasteiger partial charge in [-0.3, -0.25) is 4.79 Å². The average Bonchev–Trinajstić information content (AvgIpc) is 1.98. The van der Waals surface area contributed by atoms with Crippen molar-refractivity contribution in [3.8, 4) is 0 Å². The van der Waals surface area contributed by atoms with Crippen LogP contribution in [-0.4, -0.2) is 21.0 Å². The molecule has 0 aliphatic heterocycles. The maximum atomic E-state index is 10.5.